The first-order valence-corrected chi connectivity index (χ1v) is 7.18. The lowest BCUT2D eigenvalue weighted by molar-refractivity contribution is 0.0919. The highest BCUT2D eigenvalue weighted by molar-refractivity contribution is 9.10. The van der Waals surface area contributed by atoms with Gasteiger partial charge in [-0.2, -0.15) is 0 Å². The van der Waals surface area contributed by atoms with Gasteiger partial charge in [-0.1, -0.05) is 12.1 Å². The quantitative estimate of drug-likeness (QED) is 0.881. The van der Waals surface area contributed by atoms with Gasteiger partial charge in [0.1, 0.15) is 0 Å². The smallest absolute Gasteiger partial charge is 0.252 e. The highest BCUT2D eigenvalue weighted by Crippen LogP contribution is 2.21. The Bertz CT molecular complexity index is 447. The van der Waals surface area contributed by atoms with Gasteiger partial charge in [0, 0.05) is 16.6 Å². The molecule has 2 rings (SSSR count). The number of halogens is 1. The number of hydrogen-bond donors (Lipinski definition) is 2. The fourth-order valence-electron chi connectivity index (χ4n) is 2.31. The zero-order chi connectivity index (χ0) is 13.1. The molecule has 0 bridgehead atoms. The number of aryl methyl sites for hydroxylation is 1. The summed E-state index contributed by atoms with van der Waals surface area (Å²) in [7, 11) is 0. The summed E-state index contributed by atoms with van der Waals surface area (Å²) in [5.41, 5.74) is 1.80. The van der Waals surface area contributed by atoms with E-state index in [0.29, 0.717) is 11.6 Å². The molecule has 1 aromatic carbocycles. The maximum Gasteiger partial charge on any atom is 0.252 e. The standard InChI is InChI=1S/C14H19BrN2O/c1-9-5-3-6-11(13(9)15)14(18)17-12-7-4-8-16-10(12)2/h3,5-6,10,12,16H,4,7-8H2,1-2H3,(H,17,18). The molecular formula is C14H19BrN2O. The van der Waals surface area contributed by atoms with E-state index in [1.54, 1.807) is 0 Å². The van der Waals surface area contributed by atoms with Gasteiger partial charge in [-0.3, -0.25) is 4.79 Å². The molecule has 18 heavy (non-hydrogen) atoms. The van der Waals surface area contributed by atoms with E-state index in [4.69, 9.17) is 0 Å². The molecule has 1 saturated heterocycles. The number of piperidine rings is 1. The summed E-state index contributed by atoms with van der Waals surface area (Å²) in [5, 5.41) is 6.51. The Morgan fingerprint density at radius 3 is 3.00 bits per heavy atom. The van der Waals surface area contributed by atoms with Crippen LogP contribution >= 0.6 is 15.9 Å². The van der Waals surface area contributed by atoms with Crippen LogP contribution in [0.4, 0.5) is 0 Å². The summed E-state index contributed by atoms with van der Waals surface area (Å²) < 4.78 is 0.888. The van der Waals surface area contributed by atoms with Crippen molar-refractivity contribution < 1.29 is 4.79 Å². The van der Waals surface area contributed by atoms with Gasteiger partial charge in [-0.25, -0.2) is 0 Å². The van der Waals surface area contributed by atoms with Crippen LogP contribution < -0.4 is 10.6 Å². The third kappa shape index (κ3) is 2.93. The molecule has 2 N–H and O–H groups in total. The highest BCUT2D eigenvalue weighted by Gasteiger charge is 2.23. The Hall–Kier alpha value is -0.870. The van der Waals surface area contributed by atoms with E-state index >= 15 is 0 Å². The number of nitrogens with one attached hydrogen (secondary N) is 2. The summed E-state index contributed by atoms with van der Waals surface area (Å²) in [6.07, 6.45) is 2.16. The second kappa shape index (κ2) is 5.85. The molecule has 2 unspecified atom stereocenters. The minimum Gasteiger partial charge on any atom is -0.348 e. The zero-order valence-electron chi connectivity index (χ0n) is 10.8. The van der Waals surface area contributed by atoms with Gasteiger partial charge in [0.15, 0.2) is 0 Å². The van der Waals surface area contributed by atoms with Gasteiger partial charge in [-0.15, -0.1) is 0 Å². The Labute approximate surface area is 116 Å². The van der Waals surface area contributed by atoms with Gasteiger partial charge in [0.25, 0.3) is 5.91 Å². The Morgan fingerprint density at radius 2 is 2.28 bits per heavy atom. The third-order valence-corrected chi connectivity index (χ3v) is 4.57. The van der Waals surface area contributed by atoms with E-state index in [0.717, 1.165) is 29.4 Å². The van der Waals surface area contributed by atoms with Gasteiger partial charge in [0.2, 0.25) is 0 Å². The van der Waals surface area contributed by atoms with Crippen molar-refractivity contribution in [2.75, 3.05) is 6.54 Å². The molecular weight excluding hydrogens is 292 g/mol. The first-order valence-electron chi connectivity index (χ1n) is 6.39. The van der Waals surface area contributed by atoms with E-state index in [2.05, 4.69) is 33.5 Å². The van der Waals surface area contributed by atoms with Crippen LogP contribution in [0.25, 0.3) is 0 Å². The SMILES string of the molecule is Cc1cccc(C(=O)NC2CCCNC2C)c1Br. The van der Waals surface area contributed by atoms with Crippen molar-refractivity contribution in [1.29, 1.82) is 0 Å². The summed E-state index contributed by atoms with van der Waals surface area (Å²) in [4.78, 5) is 12.3. The predicted molar refractivity (Wildman–Crippen MR) is 76.8 cm³/mol. The number of benzene rings is 1. The largest absolute Gasteiger partial charge is 0.348 e. The molecule has 4 heteroatoms. The second-order valence-electron chi connectivity index (χ2n) is 4.90. The molecule has 1 amide bonds. The average Bonchev–Trinajstić information content (AvgIpc) is 2.35. The molecule has 1 heterocycles. The van der Waals surface area contributed by atoms with Crippen LogP contribution in [0, 0.1) is 6.92 Å². The van der Waals surface area contributed by atoms with Crippen LogP contribution in [0.15, 0.2) is 22.7 Å². The molecule has 0 spiro atoms. The van der Waals surface area contributed by atoms with Crippen molar-refractivity contribution in [1.82, 2.24) is 10.6 Å². The number of carbonyl (C=O) groups is 1. The number of carbonyl (C=O) groups excluding carboxylic acids is 1. The van der Waals surface area contributed by atoms with E-state index in [9.17, 15) is 4.79 Å². The van der Waals surface area contributed by atoms with Crippen LogP contribution in [0.5, 0.6) is 0 Å². The third-order valence-electron chi connectivity index (χ3n) is 3.51. The van der Waals surface area contributed by atoms with Gasteiger partial charge < -0.3 is 10.6 Å². The Morgan fingerprint density at radius 1 is 1.50 bits per heavy atom. The molecule has 1 aromatic rings. The molecule has 1 aliphatic heterocycles. The van der Waals surface area contributed by atoms with Crippen LogP contribution in [0.1, 0.15) is 35.7 Å². The van der Waals surface area contributed by atoms with Crippen molar-refractivity contribution in [3.05, 3.63) is 33.8 Å². The summed E-state index contributed by atoms with van der Waals surface area (Å²) in [5.74, 6) is 0.00567. The molecule has 98 valence electrons. The van der Waals surface area contributed by atoms with E-state index < -0.39 is 0 Å². The molecule has 0 saturated carbocycles. The summed E-state index contributed by atoms with van der Waals surface area (Å²) in [6.45, 7) is 5.16. The zero-order valence-corrected chi connectivity index (χ0v) is 12.4. The van der Waals surface area contributed by atoms with E-state index in [1.807, 2.05) is 25.1 Å². The lowest BCUT2D eigenvalue weighted by Crippen LogP contribution is -2.51. The van der Waals surface area contributed by atoms with Crippen molar-refractivity contribution in [3.63, 3.8) is 0 Å². The monoisotopic (exact) mass is 310 g/mol. The maximum absolute atomic E-state index is 12.3. The second-order valence-corrected chi connectivity index (χ2v) is 5.69. The summed E-state index contributed by atoms with van der Waals surface area (Å²) >= 11 is 3.48. The highest BCUT2D eigenvalue weighted by atomic mass is 79.9. The molecule has 1 aliphatic rings. The first kappa shape index (κ1) is 13.6. The normalized spacial score (nSPS) is 23.7. The van der Waals surface area contributed by atoms with Crippen LogP contribution in [-0.2, 0) is 0 Å². The minimum absolute atomic E-state index is 0.00567. The fourth-order valence-corrected chi connectivity index (χ4v) is 2.75. The van der Waals surface area contributed by atoms with Crippen LogP contribution in [0.3, 0.4) is 0 Å². The van der Waals surface area contributed by atoms with E-state index in [1.165, 1.54) is 0 Å². The van der Waals surface area contributed by atoms with Crippen molar-refractivity contribution in [2.24, 2.45) is 0 Å². The molecule has 0 aromatic heterocycles. The Kier molecular flexibility index (Phi) is 4.40. The lowest BCUT2D eigenvalue weighted by Gasteiger charge is -2.30. The maximum atomic E-state index is 12.3. The molecule has 3 nitrogen and oxygen atoms in total. The van der Waals surface area contributed by atoms with Gasteiger partial charge in [-0.05, 0) is 60.8 Å². The molecule has 1 fully saturated rings. The average molecular weight is 311 g/mol. The van der Waals surface area contributed by atoms with Crippen molar-refractivity contribution in [3.8, 4) is 0 Å². The number of hydrogen-bond acceptors (Lipinski definition) is 2. The fraction of sp³-hybridized carbons (Fsp3) is 0.500. The predicted octanol–water partition coefficient (Wildman–Crippen LogP) is 2.63. The lowest BCUT2D eigenvalue weighted by atomic mass is 9.99. The van der Waals surface area contributed by atoms with Crippen molar-refractivity contribution in [2.45, 2.75) is 38.8 Å². The topological polar surface area (TPSA) is 41.1 Å². The van der Waals surface area contributed by atoms with Gasteiger partial charge in [0.05, 0.1) is 5.56 Å². The van der Waals surface area contributed by atoms with Crippen molar-refractivity contribution >= 4 is 21.8 Å². The molecule has 0 radical (unpaired) electrons. The number of amides is 1. The minimum atomic E-state index is 0.00567. The van der Waals surface area contributed by atoms with Crippen LogP contribution in [-0.4, -0.2) is 24.5 Å². The Balaban J connectivity index is 2.09. The number of rotatable bonds is 2. The molecule has 2 atom stereocenters. The summed E-state index contributed by atoms with van der Waals surface area (Å²) in [6, 6.07) is 6.32. The first-order chi connectivity index (χ1) is 8.59. The van der Waals surface area contributed by atoms with Crippen LogP contribution in [0.2, 0.25) is 0 Å². The van der Waals surface area contributed by atoms with Gasteiger partial charge >= 0.3 is 0 Å². The van der Waals surface area contributed by atoms with E-state index in [-0.39, 0.29) is 11.9 Å². The molecule has 0 aliphatic carbocycles.